The van der Waals surface area contributed by atoms with Gasteiger partial charge in [-0.05, 0) is 46.9 Å². The van der Waals surface area contributed by atoms with Crippen molar-refractivity contribution in [3.05, 3.63) is 34.6 Å². The van der Waals surface area contributed by atoms with Crippen LogP contribution < -0.4 is 4.74 Å². The smallest absolute Gasteiger partial charge is 0.282 e. The molecule has 0 N–H and O–H groups in total. The molecule has 0 atom stereocenters. The molecule has 1 aromatic carbocycles. The molecule has 0 radical (unpaired) electrons. The van der Waals surface area contributed by atoms with Crippen LogP contribution in [0.15, 0.2) is 24.3 Å². The van der Waals surface area contributed by atoms with Gasteiger partial charge < -0.3 is 4.74 Å². The zero-order valence-corrected chi connectivity index (χ0v) is 10.1. The molecular formula is C10H10N4O2S. The van der Waals surface area contributed by atoms with E-state index in [1.54, 1.807) is 38.4 Å². The number of methoxy groups -OCH3 is 1. The van der Waals surface area contributed by atoms with Crippen molar-refractivity contribution in [3.63, 3.8) is 0 Å². The minimum absolute atomic E-state index is 0.255. The van der Waals surface area contributed by atoms with E-state index < -0.39 is 0 Å². The Morgan fingerprint density at radius 3 is 2.41 bits per heavy atom. The summed E-state index contributed by atoms with van der Waals surface area (Å²) in [6.45, 7) is 0. The quantitative estimate of drug-likeness (QED) is 0.588. The van der Waals surface area contributed by atoms with E-state index in [2.05, 4.69) is 10.4 Å². The summed E-state index contributed by atoms with van der Waals surface area (Å²) in [4.78, 5) is 12.0. The molecule has 0 aliphatic carbocycles. The molecule has 0 spiro atoms. The largest absolute Gasteiger partial charge is 0.497 e. The lowest BCUT2D eigenvalue weighted by atomic mass is 10.2. The van der Waals surface area contributed by atoms with Crippen molar-refractivity contribution in [2.24, 2.45) is 7.05 Å². The highest BCUT2D eigenvalue weighted by molar-refractivity contribution is 7.71. The van der Waals surface area contributed by atoms with Crippen LogP contribution in [-0.4, -0.2) is 32.8 Å². The maximum atomic E-state index is 12.0. The van der Waals surface area contributed by atoms with E-state index in [9.17, 15) is 4.79 Å². The van der Waals surface area contributed by atoms with Crippen LogP contribution >= 0.6 is 12.2 Å². The van der Waals surface area contributed by atoms with Crippen LogP contribution in [0.3, 0.4) is 0 Å². The number of hydrogen-bond acceptors (Lipinski definition) is 5. The average molecular weight is 250 g/mol. The first-order chi connectivity index (χ1) is 8.13. The molecule has 0 fully saturated rings. The van der Waals surface area contributed by atoms with Crippen molar-refractivity contribution >= 4 is 18.1 Å². The Labute approximate surface area is 102 Å². The van der Waals surface area contributed by atoms with Crippen LogP contribution in [-0.2, 0) is 7.05 Å². The van der Waals surface area contributed by atoms with Crippen LogP contribution in [0, 0.1) is 4.77 Å². The van der Waals surface area contributed by atoms with Gasteiger partial charge in [-0.3, -0.25) is 4.79 Å². The molecule has 6 nitrogen and oxygen atoms in total. The Morgan fingerprint density at radius 2 is 1.94 bits per heavy atom. The molecule has 1 aromatic heterocycles. The van der Waals surface area contributed by atoms with Gasteiger partial charge in [0, 0.05) is 12.6 Å². The number of hydrogen-bond donors (Lipinski definition) is 0. The molecule has 1 heterocycles. The lowest BCUT2D eigenvalue weighted by molar-refractivity contribution is 0.0941. The molecule has 0 amide bonds. The normalized spacial score (nSPS) is 10.2. The highest BCUT2D eigenvalue weighted by Crippen LogP contribution is 2.12. The van der Waals surface area contributed by atoms with Gasteiger partial charge in [-0.15, -0.1) is 4.68 Å². The van der Waals surface area contributed by atoms with Crippen molar-refractivity contribution in [1.82, 2.24) is 19.8 Å². The van der Waals surface area contributed by atoms with E-state index in [0.717, 1.165) is 4.68 Å². The highest BCUT2D eigenvalue weighted by Gasteiger charge is 2.12. The fraction of sp³-hybridized carbons (Fsp3) is 0.200. The van der Waals surface area contributed by atoms with Crippen LogP contribution in [0.2, 0.25) is 0 Å². The molecule has 2 aromatic rings. The lowest BCUT2D eigenvalue weighted by Gasteiger charge is -2.01. The molecule has 17 heavy (non-hydrogen) atoms. The standard InChI is InChI=1S/C10H10N4O2S/c1-13-10(17)14(12-11-13)9(15)7-3-5-8(16-2)6-4-7/h3-6H,1-2H3. The second kappa shape index (κ2) is 4.46. The number of carbonyl (C=O) groups excluding carboxylic acids is 1. The van der Waals surface area contributed by atoms with Gasteiger partial charge in [0.05, 0.1) is 7.11 Å². The van der Waals surface area contributed by atoms with E-state index in [4.69, 9.17) is 17.0 Å². The van der Waals surface area contributed by atoms with Gasteiger partial charge in [0.15, 0.2) is 0 Å². The van der Waals surface area contributed by atoms with Gasteiger partial charge in [-0.1, -0.05) is 0 Å². The van der Waals surface area contributed by atoms with Crippen LogP contribution in [0.5, 0.6) is 5.75 Å². The second-order valence-corrected chi connectivity index (χ2v) is 3.70. The summed E-state index contributed by atoms with van der Waals surface area (Å²) < 4.78 is 7.71. The van der Waals surface area contributed by atoms with E-state index in [0.29, 0.717) is 11.3 Å². The summed E-state index contributed by atoms with van der Waals surface area (Å²) in [5.74, 6) is 0.370. The topological polar surface area (TPSA) is 61.9 Å². The molecular weight excluding hydrogens is 240 g/mol. The summed E-state index contributed by atoms with van der Waals surface area (Å²) in [6.07, 6.45) is 0. The van der Waals surface area contributed by atoms with Crippen LogP contribution in [0.4, 0.5) is 0 Å². The summed E-state index contributed by atoms with van der Waals surface area (Å²) in [5, 5.41) is 7.36. The molecule has 0 saturated heterocycles. The van der Waals surface area contributed by atoms with Gasteiger partial charge >= 0.3 is 0 Å². The molecule has 0 saturated carbocycles. The van der Waals surface area contributed by atoms with Crippen molar-refractivity contribution < 1.29 is 9.53 Å². The van der Waals surface area contributed by atoms with Gasteiger partial charge in [0.1, 0.15) is 5.75 Å². The lowest BCUT2D eigenvalue weighted by Crippen LogP contribution is -2.14. The predicted molar refractivity (Wildman–Crippen MR) is 62.5 cm³/mol. The maximum Gasteiger partial charge on any atom is 0.282 e. The second-order valence-electron chi connectivity index (χ2n) is 3.33. The average Bonchev–Trinajstić information content (AvgIpc) is 2.69. The Kier molecular flexibility index (Phi) is 3.01. The number of aryl methyl sites for hydroxylation is 1. The first-order valence-electron chi connectivity index (χ1n) is 4.81. The Morgan fingerprint density at radius 1 is 1.29 bits per heavy atom. The first-order valence-corrected chi connectivity index (χ1v) is 5.22. The van der Waals surface area contributed by atoms with Gasteiger partial charge in [0.2, 0.25) is 4.77 Å². The fourth-order valence-corrected chi connectivity index (χ4v) is 1.45. The molecule has 7 heteroatoms. The number of rotatable bonds is 2. The number of aromatic nitrogens is 4. The van der Waals surface area contributed by atoms with Gasteiger partial charge in [-0.2, -0.15) is 0 Å². The Hall–Kier alpha value is -2.02. The third kappa shape index (κ3) is 2.09. The maximum absolute atomic E-state index is 12.0. The molecule has 2 rings (SSSR count). The monoisotopic (exact) mass is 250 g/mol. The molecule has 0 aliphatic rings. The molecule has 0 unspecified atom stereocenters. The zero-order chi connectivity index (χ0) is 12.4. The number of nitrogens with zero attached hydrogens (tertiary/aromatic N) is 4. The third-order valence-electron chi connectivity index (χ3n) is 2.25. The molecule has 88 valence electrons. The highest BCUT2D eigenvalue weighted by atomic mass is 32.1. The Balaban J connectivity index is 2.37. The van der Waals surface area contributed by atoms with Crippen LogP contribution in [0.1, 0.15) is 10.4 Å². The van der Waals surface area contributed by atoms with Gasteiger partial charge in [0.25, 0.3) is 5.91 Å². The van der Waals surface area contributed by atoms with E-state index in [1.807, 2.05) is 0 Å². The van der Waals surface area contributed by atoms with E-state index in [-0.39, 0.29) is 10.7 Å². The summed E-state index contributed by atoms with van der Waals surface area (Å²) in [5.41, 5.74) is 0.474. The predicted octanol–water partition coefficient (Wildman–Crippen LogP) is 1.04. The minimum Gasteiger partial charge on any atom is -0.497 e. The third-order valence-corrected chi connectivity index (χ3v) is 2.69. The first kappa shape index (κ1) is 11.5. The van der Waals surface area contributed by atoms with E-state index >= 15 is 0 Å². The number of benzene rings is 1. The van der Waals surface area contributed by atoms with Crippen molar-refractivity contribution in [3.8, 4) is 5.75 Å². The molecule has 0 bridgehead atoms. The van der Waals surface area contributed by atoms with Crippen LogP contribution in [0.25, 0.3) is 0 Å². The summed E-state index contributed by atoms with van der Waals surface area (Å²) in [6, 6.07) is 6.70. The van der Waals surface area contributed by atoms with Crippen molar-refractivity contribution in [1.29, 1.82) is 0 Å². The SMILES string of the molecule is COc1ccc(C(=O)n2nnn(C)c2=S)cc1. The Bertz CT molecular complexity index is 600. The summed E-state index contributed by atoms with van der Waals surface area (Å²) in [7, 11) is 3.20. The number of carbonyl (C=O) groups is 1. The minimum atomic E-state index is -0.314. The number of tetrazole rings is 1. The van der Waals surface area contributed by atoms with Crippen molar-refractivity contribution in [2.45, 2.75) is 0 Å². The zero-order valence-electron chi connectivity index (χ0n) is 9.32. The summed E-state index contributed by atoms with van der Waals surface area (Å²) >= 11 is 5.01. The number of ether oxygens (including phenoxy) is 1. The fourth-order valence-electron chi connectivity index (χ4n) is 1.30. The molecule has 0 aliphatic heterocycles. The van der Waals surface area contributed by atoms with Crippen molar-refractivity contribution in [2.75, 3.05) is 7.11 Å². The van der Waals surface area contributed by atoms with Gasteiger partial charge in [-0.25, -0.2) is 4.68 Å². The van der Waals surface area contributed by atoms with E-state index in [1.165, 1.54) is 4.68 Å².